The van der Waals surface area contributed by atoms with Crippen molar-refractivity contribution < 1.29 is 8.78 Å². The van der Waals surface area contributed by atoms with E-state index in [0.29, 0.717) is 11.2 Å². The van der Waals surface area contributed by atoms with E-state index in [0.717, 1.165) is 5.39 Å². The molecule has 0 bridgehead atoms. The molecule has 0 aliphatic carbocycles. The number of alkyl halides is 2. The van der Waals surface area contributed by atoms with Gasteiger partial charge in [0.25, 0.3) is 6.43 Å². The van der Waals surface area contributed by atoms with Crippen LogP contribution in [0, 0.1) is 0 Å². The van der Waals surface area contributed by atoms with Crippen molar-refractivity contribution in [1.82, 2.24) is 4.98 Å². The molecular formula is C10H9F2N3. The highest BCUT2D eigenvalue weighted by Gasteiger charge is 2.12. The van der Waals surface area contributed by atoms with Crippen molar-refractivity contribution in [2.24, 2.45) is 5.84 Å². The van der Waals surface area contributed by atoms with Gasteiger partial charge in [0.2, 0.25) is 0 Å². The predicted molar refractivity (Wildman–Crippen MR) is 54.5 cm³/mol. The number of benzene rings is 1. The van der Waals surface area contributed by atoms with Gasteiger partial charge in [-0.25, -0.2) is 13.8 Å². The number of nitrogens with one attached hydrogen (secondary N) is 1. The highest BCUT2D eigenvalue weighted by Crippen LogP contribution is 2.26. The summed E-state index contributed by atoms with van der Waals surface area (Å²) in [4.78, 5) is 3.84. The van der Waals surface area contributed by atoms with Crippen LogP contribution in [0.15, 0.2) is 30.3 Å². The minimum atomic E-state index is -2.60. The molecule has 0 fully saturated rings. The Morgan fingerprint density at radius 2 is 2.00 bits per heavy atom. The maximum absolute atomic E-state index is 12.5. The number of hydrogen-bond donors (Lipinski definition) is 2. The number of anilines is 1. The second-order valence-electron chi connectivity index (χ2n) is 3.06. The summed E-state index contributed by atoms with van der Waals surface area (Å²) >= 11 is 0. The number of hydrogen-bond acceptors (Lipinski definition) is 3. The number of nitrogen functional groups attached to an aromatic ring is 1. The Bertz CT molecular complexity index is 485. The topological polar surface area (TPSA) is 50.9 Å². The number of nitrogens with zero attached hydrogens (tertiary/aromatic N) is 1. The molecular weight excluding hydrogens is 200 g/mol. The molecule has 0 atom stereocenters. The van der Waals surface area contributed by atoms with Crippen LogP contribution < -0.4 is 11.3 Å². The molecule has 1 aromatic heterocycles. The molecule has 5 heteroatoms. The van der Waals surface area contributed by atoms with Gasteiger partial charge in [0.1, 0.15) is 5.69 Å². The average Bonchev–Trinajstić information content (AvgIpc) is 2.27. The molecule has 3 N–H and O–H groups in total. The first-order valence-corrected chi connectivity index (χ1v) is 4.37. The number of hydrazine groups is 1. The van der Waals surface area contributed by atoms with E-state index < -0.39 is 6.43 Å². The van der Waals surface area contributed by atoms with Gasteiger partial charge in [-0.1, -0.05) is 18.2 Å². The van der Waals surface area contributed by atoms with E-state index in [1.54, 1.807) is 24.3 Å². The smallest absolute Gasteiger partial charge is 0.280 e. The third kappa shape index (κ3) is 1.73. The summed E-state index contributed by atoms with van der Waals surface area (Å²) in [6.45, 7) is 0. The van der Waals surface area contributed by atoms with Gasteiger partial charge in [0.15, 0.2) is 0 Å². The SMILES string of the molecule is NNc1cc(C(F)F)nc2ccccc12. The Labute approximate surface area is 84.9 Å². The number of para-hydroxylation sites is 1. The summed E-state index contributed by atoms with van der Waals surface area (Å²) < 4.78 is 25.0. The van der Waals surface area contributed by atoms with Gasteiger partial charge in [-0.3, -0.25) is 5.84 Å². The Kier molecular flexibility index (Phi) is 2.47. The third-order valence-electron chi connectivity index (χ3n) is 2.12. The van der Waals surface area contributed by atoms with Crippen molar-refractivity contribution in [3.05, 3.63) is 36.0 Å². The van der Waals surface area contributed by atoms with Crippen LogP contribution in [-0.2, 0) is 0 Å². The zero-order valence-electron chi connectivity index (χ0n) is 7.74. The summed E-state index contributed by atoms with van der Waals surface area (Å²) in [5.74, 6) is 5.26. The maximum Gasteiger partial charge on any atom is 0.280 e. The van der Waals surface area contributed by atoms with Gasteiger partial charge >= 0.3 is 0 Å². The number of fused-ring (bicyclic) bond motifs is 1. The van der Waals surface area contributed by atoms with Crippen molar-refractivity contribution in [2.75, 3.05) is 5.43 Å². The molecule has 0 radical (unpaired) electrons. The number of halogens is 2. The summed E-state index contributed by atoms with van der Waals surface area (Å²) in [5, 5.41) is 0.726. The summed E-state index contributed by atoms with van der Waals surface area (Å²) in [7, 11) is 0. The van der Waals surface area contributed by atoms with Crippen molar-refractivity contribution in [3.8, 4) is 0 Å². The summed E-state index contributed by atoms with van der Waals surface area (Å²) in [6, 6.07) is 8.24. The lowest BCUT2D eigenvalue weighted by atomic mass is 10.1. The Hall–Kier alpha value is -1.75. The van der Waals surface area contributed by atoms with Gasteiger partial charge in [-0.05, 0) is 12.1 Å². The Morgan fingerprint density at radius 1 is 1.27 bits per heavy atom. The molecule has 0 aliphatic heterocycles. The van der Waals surface area contributed by atoms with Crippen molar-refractivity contribution in [3.63, 3.8) is 0 Å². The minimum absolute atomic E-state index is 0.276. The van der Waals surface area contributed by atoms with Crippen molar-refractivity contribution in [1.29, 1.82) is 0 Å². The minimum Gasteiger partial charge on any atom is -0.323 e. The van der Waals surface area contributed by atoms with E-state index in [4.69, 9.17) is 5.84 Å². The van der Waals surface area contributed by atoms with E-state index in [2.05, 4.69) is 10.4 Å². The van der Waals surface area contributed by atoms with E-state index in [-0.39, 0.29) is 5.69 Å². The molecule has 0 saturated heterocycles. The van der Waals surface area contributed by atoms with Gasteiger partial charge < -0.3 is 5.43 Å². The van der Waals surface area contributed by atoms with E-state index in [9.17, 15) is 8.78 Å². The highest BCUT2D eigenvalue weighted by atomic mass is 19.3. The number of rotatable bonds is 2. The van der Waals surface area contributed by atoms with Gasteiger partial charge in [-0.15, -0.1) is 0 Å². The molecule has 1 heterocycles. The molecule has 0 saturated carbocycles. The summed E-state index contributed by atoms with van der Waals surface area (Å²) in [5.41, 5.74) is 3.07. The second kappa shape index (κ2) is 3.78. The van der Waals surface area contributed by atoms with Gasteiger partial charge in [-0.2, -0.15) is 0 Å². The standard InChI is InChI=1S/C10H9F2N3/c11-10(12)9-5-8(15-13)6-3-1-2-4-7(6)14-9/h1-5,10H,13H2,(H,14,15). The first-order chi connectivity index (χ1) is 7.22. The maximum atomic E-state index is 12.5. The zero-order chi connectivity index (χ0) is 10.8. The number of aromatic nitrogens is 1. The molecule has 0 amide bonds. The van der Waals surface area contributed by atoms with Gasteiger partial charge in [0, 0.05) is 5.39 Å². The lowest BCUT2D eigenvalue weighted by molar-refractivity contribution is 0.146. The first-order valence-electron chi connectivity index (χ1n) is 4.37. The third-order valence-corrected chi connectivity index (χ3v) is 2.12. The number of nitrogens with two attached hydrogens (primary N) is 1. The van der Waals surface area contributed by atoms with Crippen LogP contribution in [0.2, 0.25) is 0 Å². The normalized spacial score (nSPS) is 10.9. The molecule has 2 rings (SSSR count). The van der Waals surface area contributed by atoms with E-state index >= 15 is 0 Å². The second-order valence-corrected chi connectivity index (χ2v) is 3.06. The largest absolute Gasteiger partial charge is 0.323 e. The van der Waals surface area contributed by atoms with Crippen LogP contribution in [0.25, 0.3) is 10.9 Å². The van der Waals surface area contributed by atoms with Crippen molar-refractivity contribution in [2.45, 2.75) is 6.43 Å². The first kappa shape index (κ1) is 9.79. The van der Waals surface area contributed by atoms with Crippen LogP contribution >= 0.6 is 0 Å². The van der Waals surface area contributed by atoms with Crippen LogP contribution in [0.5, 0.6) is 0 Å². The van der Waals surface area contributed by atoms with Crippen LogP contribution in [0.1, 0.15) is 12.1 Å². The Balaban J connectivity index is 2.71. The molecule has 0 unspecified atom stereocenters. The lowest BCUT2D eigenvalue weighted by Gasteiger charge is -2.07. The molecule has 15 heavy (non-hydrogen) atoms. The average molecular weight is 209 g/mol. The van der Waals surface area contributed by atoms with Gasteiger partial charge in [0.05, 0.1) is 11.2 Å². The van der Waals surface area contributed by atoms with E-state index in [1.165, 1.54) is 6.07 Å². The fraction of sp³-hybridized carbons (Fsp3) is 0.100. The zero-order valence-corrected chi connectivity index (χ0v) is 7.74. The van der Waals surface area contributed by atoms with Crippen LogP contribution in [0.4, 0.5) is 14.5 Å². The molecule has 0 spiro atoms. The quantitative estimate of drug-likeness (QED) is 0.590. The van der Waals surface area contributed by atoms with Crippen LogP contribution in [0.3, 0.4) is 0 Å². The fourth-order valence-corrected chi connectivity index (χ4v) is 1.43. The van der Waals surface area contributed by atoms with Crippen LogP contribution in [-0.4, -0.2) is 4.98 Å². The molecule has 2 aromatic rings. The summed E-state index contributed by atoms with van der Waals surface area (Å²) in [6.07, 6.45) is -2.60. The highest BCUT2D eigenvalue weighted by molar-refractivity contribution is 5.91. The molecule has 1 aromatic carbocycles. The molecule has 78 valence electrons. The Morgan fingerprint density at radius 3 is 2.67 bits per heavy atom. The fourth-order valence-electron chi connectivity index (χ4n) is 1.43. The van der Waals surface area contributed by atoms with Crippen molar-refractivity contribution >= 4 is 16.6 Å². The molecule has 0 aliphatic rings. The number of pyridine rings is 1. The predicted octanol–water partition coefficient (Wildman–Crippen LogP) is 2.46. The monoisotopic (exact) mass is 209 g/mol. The van der Waals surface area contributed by atoms with E-state index in [1.807, 2.05) is 0 Å². The lowest BCUT2D eigenvalue weighted by Crippen LogP contribution is -2.08. The molecule has 3 nitrogen and oxygen atoms in total.